The fraction of sp³-hybridized carbons (Fsp3) is 0.333. The molecule has 2 aromatic rings. The molecular formula is C21H25NO4. The minimum atomic E-state index is -0.307. The van der Waals surface area contributed by atoms with E-state index >= 15 is 0 Å². The number of benzene rings is 2. The van der Waals surface area contributed by atoms with Crippen LogP contribution in [0.1, 0.15) is 24.5 Å². The second-order valence-corrected chi connectivity index (χ2v) is 5.96. The Balaban J connectivity index is 1.99. The van der Waals surface area contributed by atoms with Crippen molar-refractivity contribution in [3.63, 3.8) is 0 Å². The van der Waals surface area contributed by atoms with Gasteiger partial charge in [-0.1, -0.05) is 48.0 Å². The first kappa shape index (κ1) is 19.5. The highest BCUT2D eigenvalue weighted by Gasteiger charge is 2.17. The number of carbonyl (C=O) groups is 2. The van der Waals surface area contributed by atoms with Crippen molar-refractivity contribution >= 4 is 11.9 Å². The van der Waals surface area contributed by atoms with Crippen LogP contribution in [0.25, 0.3) is 0 Å². The third-order valence-corrected chi connectivity index (χ3v) is 3.84. The van der Waals surface area contributed by atoms with Gasteiger partial charge in [0.05, 0.1) is 13.0 Å². The predicted octanol–water partition coefficient (Wildman–Crippen LogP) is 3.36. The summed E-state index contributed by atoms with van der Waals surface area (Å²) in [6.07, 6.45) is 0.163. The summed E-state index contributed by atoms with van der Waals surface area (Å²) in [6.45, 7) is 4.77. The molecule has 0 heterocycles. The van der Waals surface area contributed by atoms with Gasteiger partial charge in [-0.3, -0.25) is 9.59 Å². The number of hydrogen-bond donors (Lipinski definition) is 0. The summed E-state index contributed by atoms with van der Waals surface area (Å²) in [6, 6.07) is 17.2. The second kappa shape index (κ2) is 10.2. The molecule has 0 bridgehead atoms. The van der Waals surface area contributed by atoms with E-state index in [4.69, 9.17) is 9.47 Å². The zero-order chi connectivity index (χ0) is 18.8. The molecule has 0 aliphatic heterocycles. The molecule has 2 rings (SSSR count). The summed E-state index contributed by atoms with van der Waals surface area (Å²) in [4.78, 5) is 25.9. The molecule has 0 saturated carbocycles. The lowest BCUT2D eigenvalue weighted by atomic mass is 10.1. The number of carbonyl (C=O) groups excluding carboxylic acids is 2. The molecule has 0 unspecified atom stereocenters. The van der Waals surface area contributed by atoms with E-state index in [0.29, 0.717) is 25.4 Å². The first-order valence-corrected chi connectivity index (χ1v) is 8.75. The van der Waals surface area contributed by atoms with Crippen LogP contribution in [-0.4, -0.2) is 36.5 Å². The van der Waals surface area contributed by atoms with E-state index < -0.39 is 0 Å². The lowest BCUT2D eigenvalue weighted by Gasteiger charge is -2.23. The van der Waals surface area contributed by atoms with E-state index in [-0.39, 0.29) is 24.9 Å². The van der Waals surface area contributed by atoms with Gasteiger partial charge in [0.2, 0.25) is 0 Å². The zero-order valence-corrected chi connectivity index (χ0v) is 15.3. The van der Waals surface area contributed by atoms with Gasteiger partial charge in [-0.2, -0.15) is 0 Å². The minimum absolute atomic E-state index is 0.0707. The van der Waals surface area contributed by atoms with E-state index in [0.717, 1.165) is 11.1 Å². The maximum atomic E-state index is 12.6. The monoisotopic (exact) mass is 355 g/mol. The zero-order valence-electron chi connectivity index (χ0n) is 15.3. The summed E-state index contributed by atoms with van der Waals surface area (Å²) in [7, 11) is 0. The number of para-hydroxylation sites is 1. The van der Waals surface area contributed by atoms with E-state index in [2.05, 4.69) is 0 Å². The Morgan fingerprint density at radius 3 is 2.35 bits per heavy atom. The maximum absolute atomic E-state index is 12.6. The molecule has 2 aromatic carbocycles. The predicted molar refractivity (Wildman–Crippen MR) is 99.8 cm³/mol. The average Bonchev–Trinajstić information content (AvgIpc) is 2.66. The van der Waals surface area contributed by atoms with Crippen molar-refractivity contribution in [1.82, 2.24) is 4.90 Å². The van der Waals surface area contributed by atoms with Crippen molar-refractivity contribution < 1.29 is 19.1 Å². The van der Waals surface area contributed by atoms with Crippen LogP contribution in [0.4, 0.5) is 0 Å². The van der Waals surface area contributed by atoms with Crippen LogP contribution in [0.3, 0.4) is 0 Å². The average molecular weight is 355 g/mol. The van der Waals surface area contributed by atoms with Gasteiger partial charge in [-0.25, -0.2) is 0 Å². The third kappa shape index (κ3) is 6.59. The van der Waals surface area contributed by atoms with Crippen molar-refractivity contribution in [2.75, 3.05) is 19.8 Å². The summed E-state index contributed by atoms with van der Waals surface area (Å²) in [5, 5.41) is 0. The molecule has 0 aliphatic carbocycles. The molecule has 26 heavy (non-hydrogen) atoms. The van der Waals surface area contributed by atoms with Gasteiger partial charge in [0.1, 0.15) is 5.75 Å². The summed E-state index contributed by atoms with van der Waals surface area (Å²) < 4.78 is 10.5. The lowest BCUT2D eigenvalue weighted by Crippen LogP contribution is -2.36. The van der Waals surface area contributed by atoms with E-state index in [1.54, 1.807) is 24.0 Å². The van der Waals surface area contributed by atoms with Crippen molar-refractivity contribution in [2.24, 2.45) is 0 Å². The van der Waals surface area contributed by atoms with E-state index in [9.17, 15) is 9.59 Å². The molecule has 5 nitrogen and oxygen atoms in total. The molecule has 0 fully saturated rings. The van der Waals surface area contributed by atoms with Crippen molar-refractivity contribution in [1.29, 1.82) is 0 Å². The molecule has 0 spiro atoms. The molecule has 5 heteroatoms. The van der Waals surface area contributed by atoms with Gasteiger partial charge in [0.15, 0.2) is 6.61 Å². The Bertz CT molecular complexity index is 698. The topological polar surface area (TPSA) is 55.8 Å². The number of rotatable bonds is 9. The Labute approximate surface area is 154 Å². The number of aryl methyl sites for hydroxylation is 1. The van der Waals surface area contributed by atoms with Crippen LogP contribution in [0.5, 0.6) is 5.75 Å². The van der Waals surface area contributed by atoms with Gasteiger partial charge in [0, 0.05) is 13.1 Å². The van der Waals surface area contributed by atoms with Crippen LogP contribution in [0, 0.1) is 6.92 Å². The summed E-state index contributed by atoms with van der Waals surface area (Å²) >= 11 is 0. The molecule has 0 saturated heterocycles. The number of ether oxygens (including phenoxy) is 2. The molecule has 0 aromatic heterocycles. The van der Waals surface area contributed by atoms with E-state index in [1.165, 1.54) is 0 Å². The van der Waals surface area contributed by atoms with Gasteiger partial charge in [-0.05, 0) is 31.5 Å². The van der Waals surface area contributed by atoms with Crippen LogP contribution in [-0.2, 0) is 20.9 Å². The van der Waals surface area contributed by atoms with Crippen molar-refractivity contribution in [3.8, 4) is 5.75 Å². The number of nitrogens with zero attached hydrogens (tertiary/aromatic N) is 1. The Hall–Kier alpha value is -2.82. The number of esters is 1. The van der Waals surface area contributed by atoms with Crippen LogP contribution in [0.2, 0.25) is 0 Å². The normalized spacial score (nSPS) is 10.2. The summed E-state index contributed by atoms with van der Waals surface area (Å²) in [5.74, 6) is 0.165. The smallest absolute Gasteiger partial charge is 0.307 e. The lowest BCUT2D eigenvalue weighted by molar-refractivity contribution is -0.144. The Morgan fingerprint density at radius 2 is 1.69 bits per heavy atom. The first-order chi connectivity index (χ1) is 12.6. The van der Waals surface area contributed by atoms with Crippen molar-refractivity contribution in [2.45, 2.75) is 26.8 Å². The highest BCUT2D eigenvalue weighted by molar-refractivity contribution is 5.78. The molecule has 0 N–H and O–H groups in total. The number of hydrogen-bond acceptors (Lipinski definition) is 4. The summed E-state index contributed by atoms with van der Waals surface area (Å²) in [5.41, 5.74) is 2.16. The fourth-order valence-corrected chi connectivity index (χ4v) is 2.42. The van der Waals surface area contributed by atoms with Gasteiger partial charge in [0.25, 0.3) is 5.91 Å². The van der Waals surface area contributed by atoms with Gasteiger partial charge >= 0.3 is 5.97 Å². The fourth-order valence-electron chi connectivity index (χ4n) is 2.42. The third-order valence-electron chi connectivity index (χ3n) is 3.84. The molecule has 0 atom stereocenters. The Kier molecular flexibility index (Phi) is 7.68. The van der Waals surface area contributed by atoms with Gasteiger partial charge < -0.3 is 14.4 Å². The van der Waals surface area contributed by atoms with Crippen LogP contribution in [0.15, 0.2) is 54.6 Å². The van der Waals surface area contributed by atoms with Gasteiger partial charge in [-0.15, -0.1) is 0 Å². The molecule has 0 aliphatic rings. The minimum Gasteiger partial charge on any atom is -0.484 e. The Morgan fingerprint density at radius 1 is 1.00 bits per heavy atom. The standard InChI is InChI=1S/C21H25NO4/c1-3-25-21(24)13-14-22(15-18-11-9-17(2)10-12-18)20(23)16-26-19-7-5-4-6-8-19/h4-12H,3,13-16H2,1-2H3. The van der Waals surface area contributed by atoms with Crippen LogP contribution >= 0.6 is 0 Å². The first-order valence-electron chi connectivity index (χ1n) is 8.75. The highest BCUT2D eigenvalue weighted by atomic mass is 16.5. The largest absolute Gasteiger partial charge is 0.484 e. The maximum Gasteiger partial charge on any atom is 0.307 e. The molecule has 138 valence electrons. The highest BCUT2D eigenvalue weighted by Crippen LogP contribution is 2.11. The quantitative estimate of drug-likeness (QED) is 0.647. The molecular weight excluding hydrogens is 330 g/mol. The SMILES string of the molecule is CCOC(=O)CCN(Cc1ccc(C)cc1)C(=O)COc1ccccc1. The van der Waals surface area contributed by atoms with E-state index in [1.807, 2.05) is 49.4 Å². The molecule has 0 radical (unpaired) electrons. The van der Waals surface area contributed by atoms with Crippen LogP contribution < -0.4 is 4.74 Å². The molecule has 1 amide bonds. The van der Waals surface area contributed by atoms with Crippen molar-refractivity contribution in [3.05, 3.63) is 65.7 Å². The second-order valence-electron chi connectivity index (χ2n) is 5.96. The number of amides is 1.